The van der Waals surface area contributed by atoms with Crippen LogP contribution in [0.5, 0.6) is 5.88 Å². The molecule has 2 heterocycles. The molecule has 2 aromatic heterocycles. The molecule has 4 heteroatoms. The van der Waals surface area contributed by atoms with Crippen LogP contribution >= 0.6 is 0 Å². The van der Waals surface area contributed by atoms with E-state index in [2.05, 4.69) is 10.1 Å². The predicted molar refractivity (Wildman–Crippen MR) is 77.8 cm³/mol. The number of aromatic hydroxyl groups is 1. The molecule has 0 unspecified atom stereocenters. The van der Waals surface area contributed by atoms with E-state index in [1.165, 1.54) is 4.68 Å². The van der Waals surface area contributed by atoms with E-state index in [9.17, 15) is 5.11 Å². The fourth-order valence-corrected chi connectivity index (χ4v) is 2.23. The lowest BCUT2D eigenvalue weighted by Gasteiger charge is -2.00. The molecule has 3 aromatic rings. The molecule has 0 aliphatic rings. The Hall–Kier alpha value is -2.62. The quantitative estimate of drug-likeness (QED) is 0.791. The molecule has 0 aliphatic heterocycles. The highest BCUT2D eigenvalue weighted by molar-refractivity contribution is 5.66. The third-order valence-electron chi connectivity index (χ3n) is 3.22. The summed E-state index contributed by atoms with van der Waals surface area (Å²) in [7, 11) is 0. The first-order valence-corrected chi connectivity index (χ1v) is 6.59. The van der Waals surface area contributed by atoms with Crippen molar-refractivity contribution in [3.8, 4) is 23.0 Å². The van der Waals surface area contributed by atoms with Crippen molar-refractivity contribution in [3.63, 3.8) is 0 Å². The van der Waals surface area contributed by atoms with Crippen LogP contribution in [0.3, 0.4) is 0 Å². The molecule has 20 heavy (non-hydrogen) atoms. The standard InChI is InChI=1S/C16H15N3O/c1-2-13-15(12-8-4-3-5-9-12)18-19(16(13)20)14-10-6-7-11-17-14/h3-11,20H,2H2,1H3. The first-order chi connectivity index (χ1) is 9.81. The normalized spacial score (nSPS) is 10.7. The van der Waals surface area contributed by atoms with E-state index in [1.54, 1.807) is 6.20 Å². The second-order valence-corrected chi connectivity index (χ2v) is 4.47. The minimum absolute atomic E-state index is 0.157. The second-order valence-electron chi connectivity index (χ2n) is 4.47. The minimum atomic E-state index is 0.157. The van der Waals surface area contributed by atoms with Crippen LogP contribution in [0.25, 0.3) is 17.1 Å². The van der Waals surface area contributed by atoms with Crippen LogP contribution in [0, 0.1) is 0 Å². The molecule has 1 N–H and O–H groups in total. The van der Waals surface area contributed by atoms with E-state index in [0.717, 1.165) is 16.8 Å². The summed E-state index contributed by atoms with van der Waals surface area (Å²) in [5.74, 6) is 0.770. The average molecular weight is 265 g/mol. The van der Waals surface area contributed by atoms with Crippen LogP contribution in [-0.2, 0) is 6.42 Å². The largest absolute Gasteiger partial charge is 0.493 e. The maximum Gasteiger partial charge on any atom is 0.219 e. The highest BCUT2D eigenvalue weighted by Crippen LogP contribution is 2.31. The summed E-state index contributed by atoms with van der Waals surface area (Å²) in [6, 6.07) is 15.4. The molecule has 0 fully saturated rings. The molecule has 4 nitrogen and oxygen atoms in total. The van der Waals surface area contributed by atoms with Crippen molar-refractivity contribution in [2.75, 3.05) is 0 Å². The van der Waals surface area contributed by atoms with Crippen molar-refractivity contribution in [1.29, 1.82) is 0 Å². The van der Waals surface area contributed by atoms with Gasteiger partial charge in [0, 0.05) is 17.3 Å². The molecule has 0 bridgehead atoms. The summed E-state index contributed by atoms with van der Waals surface area (Å²) in [5, 5.41) is 14.9. The van der Waals surface area contributed by atoms with Gasteiger partial charge < -0.3 is 5.11 Å². The summed E-state index contributed by atoms with van der Waals surface area (Å²) in [5.41, 5.74) is 2.63. The SMILES string of the molecule is CCc1c(-c2ccccc2)nn(-c2ccccn2)c1O. The fourth-order valence-electron chi connectivity index (χ4n) is 2.23. The molecule has 0 saturated carbocycles. The zero-order valence-corrected chi connectivity index (χ0v) is 11.2. The van der Waals surface area contributed by atoms with Crippen molar-refractivity contribution >= 4 is 0 Å². The molecule has 100 valence electrons. The van der Waals surface area contributed by atoms with Gasteiger partial charge in [-0.25, -0.2) is 4.98 Å². The van der Waals surface area contributed by atoms with Gasteiger partial charge in [-0.05, 0) is 18.6 Å². The van der Waals surface area contributed by atoms with E-state index >= 15 is 0 Å². The van der Waals surface area contributed by atoms with E-state index in [0.29, 0.717) is 12.2 Å². The van der Waals surface area contributed by atoms with Crippen LogP contribution in [-0.4, -0.2) is 19.9 Å². The number of hydrogen-bond acceptors (Lipinski definition) is 3. The Kier molecular flexibility index (Phi) is 3.21. The Balaban J connectivity index is 2.18. The summed E-state index contributed by atoms with van der Waals surface area (Å²) < 4.78 is 1.49. The summed E-state index contributed by atoms with van der Waals surface area (Å²) >= 11 is 0. The third-order valence-corrected chi connectivity index (χ3v) is 3.22. The number of rotatable bonds is 3. The molecular weight excluding hydrogens is 250 g/mol. The van der Waals surface area contributed by atoms with Gasteiger partial charge >= 0.3 is 0 Å². The third kappa shape index (κ3) is 2.05. The summed E-state index contributed by atoms with van der Waals surface area (Å²) in [6.07, 6.45) is 2.40. The number of hydrogen-bond donors (Lipinski definition) is 1. The van der Waals surface area contributed by atoms with Gasteiger partial charge in [0.05, 0.1) is 5.69 Å². The van der Waals surface area contributed by atoms with Gasteiger partial charge in [0.15, 0.2) is 5.82 Å². The van der Waals surface area contributed by atoms with E-state index in [4.69, 9.17) is 0 Å². The monoisotopic (exact) mass is 265 g/mol. The number of nitrogens with zero attached hydrogens (tertiary/aromatic N) is 3. The van der Waals surface area contributed by atoms with Crippen LogP contribution in [0.4, 0.5) is 0 Å². The van der Waals surface area contributed by atoms with Gasteiger partial charge in [-0.3, -0.25) is 0 Å². The lowest BCUT2D eigenvalue weighted by atomic mass is 10.1. The molecule has 3 rings (SSSR count). The van der Waals surface area contributed by atoms with Gasteiger partial charge in [0.1, 0.15) is 0 Å². The lowest BCUT2D eigenvalue weighted by Crippen LogP contribution is -1.98. The smallest absolute Gasteiger partial charge is 0.219 e. The van der Waals surface area contributed by atoms with Gasteiger partial charge in [-0.15, -0.1) is 0 Å². The Morgan fingerprint density at radius 1 is 1.05 bits per heavy atom. The van der Waals surface area contributed by atoms with E-state index in [-0.39, 0.29) is 5.88 Å². The molecule has 0 spiro atoms. The average Bonchev–Trinajstić information content (AvgIpc) is 2.86. The van der Waals surface area contributed by atoms with Crippen LogP contribution in [0.1, 0.15) is 12.5 Å². The van der Waals surface area contributed by atoms with Gasteiger partial charge in [-0.1, -0.05) is 43.3 Å². The van der Waals surface area contributed by atoms with Crippen LogP contribution in [0.2, 0.25) is 0 Å². The highest BCUT2D eigenvalue weighted by atomic mass is 16.3. The maximum absolute atomic E-state index is 10.4. The van der Waals surface area contributed by atoms with Crippen molar-refractivity contribution in [1.82, 2.24) is 14.8 Å². The van der Waals surface area contributed by atoms with Gasteiger partial charge in [0.2, 0.25) is 5.88 Å². The van der Waals surface area contributed by atoms with Gasteiger partial charge in [-0.2, -0.15) is 9.78 Å². The Morgan fingerprint density at radius 3 is 2.45 bits per heavy atom. The molecule has 0 amide bonds. The van der Waals surface area contributed by atoms with E-state index < -0.39 is 0 Å². The van der Waals surface area contributed by atoms with Crippen molar-refractivity contribution in [2.45, 2.75) is 13.3 Å². The lowest BCUT2D eigenvalue weighted by molar-refractivity contribution is 0.427. The predicted octanol–water partition coefficient (Wildman–Crippen LogP) is 3.20. The van der Waals surface area contributed by atoms with Crippen LogP contribution < -0.4 is 0 Å². The topological polar surface area (TPSA) is 50.9 Å². The first-order valence-electron chi connectivity index (χ1n) is 6.59. The van der Waals surface area contributed by atoms with E-state index in [1.807, 2.05) is 55.5 Å². The van der Waals surface area contributed by atoms with Crippen molar-refractivity contribution in [2.24, 2.45) is 0 Å². The highest BCUT2D eigenvalue weighted by Gasteiger charge is 2.18. The number of pyridine rings is 1. The maximum atomic E-state index is 10.4. The Morgan fingerprint density at radius 2 is 1.80 bits per heavy atom. The fraction of sp³-hybridized carbons (Fsp3) is 0.125. The van der Waals surface area contributed by atoms with Gasteiger partial charge in [0.25, 0.3) is 0 Å². The Labute approximate surface area is 117 Å². The molecule has 1 aromatic carbocycles. The zero-order valence-electron chi connectivity index (χ0n) is 11.2. The molecule has 0 atom stereocenters. The molecule has 0 radical (unpaired) electrons. The van der Waals surface area contributed by atoms with Crippen LogP contribution in [0.15, 0.2) is 54.7 Å². The number of aromatic nitrogens is 3. The molecule has 0 aliphatic carbocycles. The molecule has 0 saturated heterocycles. The van der Waals surface area contributed by atoms with Crippen molar-refractivity contribution in [3.05, 3.63) is 60.3 Å². The molecular formula is C16H15N3O. The first kappa shape index (κ1) is 12.4. The second kappa shape index (κ2) is 5.17. The minimum Gasteiger partial charge on any atom is -0.493 e. The van der Waals surface area contributed by atoms with Crippen molar-refractivity contribution < 1.29 is 5.11 Å². The summed E-state index contributed by atoms with van der Waals surface area (Å²) in [4.78, 5) is 4.23. The zero-order chi connectivity index (χ0) is 13.9. The Bertz CT molecular complexity index is 705. The number of benzene rings is 1. The summed E-state index contributed by atoms with van der Waals surface area (Å²) in [6.45, 7) is 2.01.